The Hall–Kier alpha value is -1.55. The molecule has 19 heavy (non-hydrogen) atoms. The van der Waals surface area contributed by atoms with Gasteiger partial charge in [0.05, 0.1) is 0 Å². The maximum Gasteiger partial charge on any atom is 0.326 e. The van der Waals surface area contributed by atoms with Gasteiger partial charge in [-0.3, -0.25) is 4.79 Å². The van der Waals surface area contributed by atoms with E-state index in [2.05, 4.69) is 6.58 Å². The molecular weight excluding hydrogens is 260 g/mol. The lowest BCUT2D eigenvalue weighted by Crippen LogP contribution is -2.31. The van der Waals surface area contributed by atoms with E-state index in [-0.39, 0.29) is 12.6 Å². The summed E-state index contributed by atoms with van der Waals surface area (Å²) >= 11 is 1.37. The Balaban J connectivity index is 2.53. The zero-order valence-corrected chi connectivity index (χ0v) is 11.8. The molecule has 0 aliphatic rings. The van der Waals surface area contributed by atoms with Crippen LogP contribution < -0.4 is 0 Å². The average molecular weight is 278 g/mol. The number of benzene rings is 1. The van der Waals surface area contributed by atoms with Crippen LogP contribution in [0.5, 0.6) is 0 Å². The molecule has 4 heteroatoms. The highest BCUT2D eigenvalue weighted by Crippen LogP contribution is 2.28. The number of rotatable bonds is 8. The topological polar surface area (TPSA) is 43.4 Å². The van der Waals surface area contributed by atoms with Crippen molar-refractivity contribution >= 4 is 24.0 Å². The minimum absolute atomic E-state index is 0.247. The third-order valence-electron chi connectivity index (χ3n) is 2.65. The van der Waals surface area contributed by atoms with E-state index >= 15 is 0 Å². The fourth-order valence-electron chi connectivity index (χ4n) is 1.39. The summed E-state index contributed by atoms with van der Waals surface area (Å²) in [7, 11) is 0. The molecule has 0 unspecified atom stereocenters. The van der Waals surface area contributed by atoms with E-state index in [0.29, 0.717) is 12.2 Å². The van der Waals surface area contributed by atoms with Gasteiger partial charge < -0.3 is 9.53 Å². The minimum atomic E-state index is -0.808. The summed E-state index contributed by atoms with van der Waals surface area (Å²) in [5.41, 5.74) is 0.945. The Morgan fingerprint density at radius 1 is 1.42 bits per heavy atom. The second-order valence-electron chi connectivity index (χ2n) is 4.18. The van der Waals surface area contributed by atoms with Gasteiger partial charge in [0, 0.05) is 12.2 Å². The molecule has 0 radical (unpaired) electrons. The average Bonchev–Trinajstić information content (AvgIpc) is 2.45. The standard InChI is InChI=1S/C15H18O3S/c1-3-15(2,19-11-7-10-16)14(17)18-12-13-8-5-4-6-9-13/h3-6,8-10H,1,7,11-12H2,2H3/t15-/m0/s1. The highest BCUT2D eigenvalue weighted by molar-refractivity contribution is 8.01. The number of hydrogen-bond acceptors (Lipinski definition) is 4. The molecule has 0 spiro atoms. The van der Waals surface area contributed by atoms with Crippen LogP contribution in [0.3, 0.4) is 0 Å². The molecule has 0 N–H and O–H groups in total. The molecule has 0 saturated heterocycles. The van der Waals surface area contributed by atoms with Crippen LogP contribution in [0, 0.1) is 0 Å². The van der Waals surface area contributed by atoms with E-state index < -0.39 is 4.75 Å². The monoisotopic (exact) mass is 278 g/mol. The van der Waals surface area contributed by atoms with Gasteiger partial charge in [-0.2, -0.15) is 0 Å². The molecular formula is C15H18O3S. The molecule has 0 amide bonds. The van der Waals surface area contributed by atoms with Crippen LogP contribution in [0.2, 0.25) is 0 Å². The van der Waals surface area contributed by atoms with Crippen molar-refractivity contribution < 1.29 is 14.3 Å². The minimum Gasteiger partial charge on any atom is -0.460 e. The summed E-state index contributed by atoms with van der Waals surface area (Å²) in [5, 5.41) is 0. The maximum absolute atomic E-state index is 12.1. The second-order valence-corrected chi connectivity index (χ2v) is 5.72. The number of esters is 1. The van der Waals surface area contributed by atoms with E-state index in [1.807, 2.05) is 30.3 Å². The lowest BCUT2D eigenvalue weighted by atomic mass is 10.2. The second kappa shape index (κ2) is 7.79. The summed E-state index contributed by atoms with van der Waals surface area (Å²) in [4.78, 5) is 22.4. The Bertz CT molecular complexity index is 430. The number of carbonyl (C=O) groups excluding carboxylic acids is 2. The van der Waals surface area contributed by atoms with Gasteiger partial charge >= 0.3 is 5.97 Å². The molecule has 1 rings (SSSR count). The Labute approximate surface area is 118 Å². The van der Waals surface area contributed by atoms with Crippen molar-refractivity contribution in [3.05, 3.63) is 48.6 Å². The van der Waals surface area contributed by atoms with Crippen molar-refractivity contribution in [3.8, 4) is 0 Å². The van der Waals surface area contributed by atoms with Crippen molar-refractivity contribution in [3.63, 3.8) is 0 Å². The number of carbonyl (C=O) groups is 2. The molecule has 102 valence electrons. The molecule has 0 fully saturated rings. The first-order valence-corrected chi connectivity index (χ1v) is 7.03. The summed E-state index contributed by atoms with van der Waals surface area (Å²) in [6.45, 7) is 5.68. The van der Waals surface area contributed by atoms with Crippen molar-refractivity contribution in [2.45, 2.75) is 24.7 Å². The number of aldehydes is 1. The van der Waals surface area contributed by atoms with Crippen LogP contribution in [-0.2, 0) is 20.9 Å². The van der Waals surface area contributed by atoms with Crippen molar-refractivity contribution in [2.24, 2.45) is 0 Å². The molecule has 0 saturated carbocycles. The summed E-state index contributed by atoms with van der Waals surface area (Å²) in [5.74, 6) is 0.245. The van der Waals surface area contributed by atoms with Crippen LogP contribution >= 0.6 is 11.8 Å². The van der Waals surface area contributed by atoms with E-state index in [1.54, 1.807) is 13.0 Å². The van der Waals surface area contributed by atoms with Gasteiger partial charge in [0.1, 0.15) is 17.6 Å². The van der Waals surface area contributed by atoms with Gasteiger partial charge in [0.15, 0.2) is 0 Å². The molecule has 1 atom stereocenters. The first-order chi connectivity index (χ1) is 9.12. The summed E-state index contributed by atoms with van der Waals surface area (Å²) in [6.07, 6.45) is 2.82. The predicted octanol–water partition coefficient (Wildman–Crippen LogP) is 3.00. The molecule has 0 bridgehead atoms. The highest BCUT2D eigenvalue weighted by Gasteiger charge is 2.31. The van der Waals surface area contributed by atoms with Gasteiger partial charge in [0.25, 0.3) is 0 Å². The van der Waals surface area contributed by atoms with Crippen LogP contribution in [0.4, 0.5) is 0 Å². The van der Waals surface area contributed by atoms with Crippen LogP contribution in [0.1, 0.15) is 18.9 Å². The lowest BCUT2D eigenvalue weighted by Gasteiger charge is -2.22. The molecule has 3 nitrogen and oxygen atoms in total. The zero-order valence-electron chi connectivity index (χ0n) is 11.0. The number of hydrogen-bond donors (Lipinski definition) is 0. The first-order valence-electron chi connectivity index (χ1n) is 6.04. The Morgan fingerprint density at radius 3 is 2.68 bits per heavy atom. The van der Waals surface area contributed by atoms with Gasteiger partial charge in [-0.15, -0.1) is 18.3 Å². The first kappa shape index (κ1) is 15.5. The quantitative estimate of drug-likeness (QED) is 0.317. The summed E-state index contributed by atoms with van der Waals surface area (Å²) in [6, 6.07) is 9.51. The zero-order chi connectivity index (χ0) is 14.1. The third-order valence-corrected chi connectivity index (χ3v) is 4.02. The SMILES string of the molecule is C=C[C@](C)(SCCC=O)C(=O)OCc1ccccc1. The Kier molecular flexibility index (Phi) is 6.36. The highest BCUT2D eigenvalue weighted by atomic mass is 32.2. The fraction of sp³-hybridized carbons (Fsp3) is 0.333. The van der Waals surface area contributed by atoms with Crippen LogP contribution in [0.15, 0.2) is 43.0 Å². The maximum atomic E-state index is 12.1. The smallest absolute Gasteiger partial charge is 0.326 e. The van der Waals surface area contributed by atoms with E-state index in [1.165, 1.54) is 11.8 Å². The fourth-order valence-corrected chi connectivity index (χ4v) is 2.32. The molecule has 0 heterocycles. The normalized spacial score (nSPS) is 13.3. The molecule has 0 aliphatic carbocycles. The van der Waals surface area contributed by atoms with E-state index in [0.717, 1.165) is 11.8 Å². The van der Waals surface area contributed by atoms with Crippen molar-refractivity contribution in [1.82, 2.24) is 0 Å². The van der Waals surface area contributed by atoms with Crippen molar-refractivity contribution in [2.75, 3.05) is 5.75 Å². The number of thioether (sulfide) groups is 1. The van der Waals surface area contributed by atoms with Gasteiger partial charge in [-0.05, 0) is 12.5 Å². The van der Waals surface area contributed by atoms with E-state index in [9.17, 15) is 9.59 Å². The molecule has 0 aromatic heterocycles. The van der Waals surface area contributed by atoms with Gasteiger partial charge in [-0.25, -0.2) is 0 Å². The largest absolute Gasteiger partial charge is 0.460 e. The molecule has 0 aliphatic heterocycles. The Morgan fingerprint density at radius 2 is 2.11 bits per heavy atom. The van der Waals surface area contributed by atoms with Crippen LogP contribution in [-0.4, -0.2) is 22.8 Å². The summed E-state index contributed by atoms with van der Waals surface area (Å²) < 4.78 is 4.49. The van der Waals surface area contributed by atoms with Crippen LogP contribution in [0.25, 0.3) is 0 Å². The third kappa shape index (κ3) is 4.91. The number of ether oxygens (including phenoxy) is 1. The van der Waals surface area contributed by atoms with Gasteiger partial charge in [-0.1, -0.05) is 36.4 Å². The lowest BCUT2D eigenvalue weighted by molar-refractivity contribution is -0.146. The molecule has 1 aromatic carbocycles. The predicted molar refractivity (Wildman–Crippen MR) is 78.0 cm³/mol. The van der Waals surface area contributed by atoms with E-state index in [4.69, 9.17) is 4.74 Å². The molecule has 1 aromatic rings. The van der Waals surface area contributed by atoms with Gasteiger partial charge in [0.2, 0.25) is 0 Å². The van der Waals surface area contributed by atoms with Crippen molar-refractivity contribution in [1.29, 1.82) is 0 Å².